The molecule has 0 aliphatic rings. The number of aromatic hydroxyl groups is 1. The summed E-state index contributed by atoms with van der Waals surface area (Å²) in [5.41, 5.74) is 6.64. The summed E-state index contributed by atoms with van der Waals surface area (Å²) < 4.78 is 26.8. The smallest absolute Gasteiger partial charge is 0.131 e. The van der Waals surface area contributed by atoms with Crippen LogP contribution in [-0.4, -0.2) is 11.7 Å². The summed E-state index contributed by atoms with van der Waals surface area (Å²) in [5.74, 6) is -1.20. The maximum absolute atomic E-state index is 13.7. The Morgan fingerprint density at radius 3 is 2.50 bits per heavy atom. The van der Waals surface area contributed by atoms with E-state index >= 15 is 0 Å². The van der Waals surface area contributed by atoms with E-state index in [0.717, 1.165) is 23.8 Å². The fourth-order valence-corrected chi connectivity index (χ4v) is 1.82. The number of rotatable bonds is 3. The molecule has 0 saturated heterocycles. The molecular weight excluding hydrogens is 236 g/mol. The average molecular weight is 249 g/mol. The Balaban J connectivity index is 2.55. The predicted molar refractivity (Wildman–Crippen MR) is 66.2 cm³/mol. The summed E-state index contributed by atoms with van der Waals surface area (Å²) in [6.45, 7) is 0.454. The summed E-state index contributed by atoms with van der Waals surface area (Å²) in [6, 6.07) is 7.95. The van der Waals surface area contributed by atoms with Gasteiger partial charge in [-0.2, -0.15) is 0 Å². The topological polar surface area (TPSA) is 46.2 Å². The van der Waals surface area contributed by atoms with Crippen LogP contribution < -0.4 is 5.73 Å². The number of hydrogen-bond acceptors (Lipinski definition) is 2. The molecular formula is C14H13F2NO. The number of hydrogen-bond donors (Lipinski definition) is 2. The summed E-state index contributed by atoms with van der Waals surface area (Å²) in [5, 5.41) is 9.75. The second kappa shape index (κ2) is 5.14. The molecule has 18 heavy (non-hydrogen) atoms. The maximum Gasteiger partial charge on any atom is 0.131 e. The third kappa shape index (κ3) is 2.49. The van der Waals surface area contributed by atoms with E-state index < -0.39 is 11.6 Å². The van der Waals surface area contributed by atoms with Crippen molar-refractivity contribution >= 4 is 0 Å². The van der Waals surface area contributed by atoms with Gasteiger partial charge in [-0.05, 0) is 48.9 Å². The van der Waals surface area contributed by atoms with Crippen molar-refractivity contribution in [3.05, 3.63) is 53.6 Å². The zero-order chi connectivity index (χ0) is 13.1. The van der Waals surface area contributed by atoms with Crippen molar-refractivity contribution in [2.45, 2.75) is 6.42 Å². The first-order valence-corrected chi connectivity index (χ1v) is 5.59. The van der Waals surface area contributed by atoms with Gasteiger partial charge in [-0.15, -0.1) is 0 Å². The Hall–Kier alpha value is -1.94. The molecule has 0 heterocycles. The number of nitrogens with two attached hydrogens (primary N) is 1. The molecule has 0 atom stereocenters. The average Bonchev–Trinajstić information content (AvgIpc) is 2.35. The molecule has 94 valence electrons. The molecule has 2 nitrogen and oxygen atoms in total. The summed E-state index contributed by atoms with van der Waals surface area (Å²) in [4.78, 5) is 0. The van der Waals surface area contributed by atoms with Crippen molar-refractivity contribution < 1.29 is 13.9 Å². The van der Waals surface area contributed by atoms with Crippen LogP contribution in [0.25, 0.3) is 11.1 Å². The highest BCUT2D eigenvalue weighted by Crippen LogP contribution is 2.32. The van der Waals surface area contributed by atoms with E-state index in [1.807, 2.05) is 0 Å². The van der Waals surface area contributed by atoms with Crippen LogP contribution in [0.4, 0.5) is 8.78 Å². The highest BCUT2D eigenvalue weighted by molar-refractivity contribution is 5.71. The largest absolute Gasteiger partial charge is 0.507 e. The summed E-state index contributed by atoms with van der Waals surface area (Å²) in [7, 11) is 0. The lowest BCUT2D eigenvalue weighted by atomic mass is 10.00. The van der Waals surface area contributed by atoms with Gasteiger partial charge in [-0.1, -0.05) is 6.07 Å². The third-order valence-corrected chi connectivity index (χ3v) is 2.71. The fourth-order valence-electron chi connectivity index (χ4n) is 1.82. The van der Waals surface area contributed by atoms with Gasteiger partial charge in [0.15, 0.2) is 0 Å². The van der Waals surface area contributed by atoms with Gasteiger partial charge in [0, 0.05) is 11.1 Å². The summed E-state index contributed by atoms with van der Waals surface area (Å²) in [6.07, 6.45) is 0.615. The Bertz CT molecular complexity index is 570. The van der Waals surface area contributed by atoms with Crippen molar-refractivity contribution in [1.29, 1.82) is 0 Å². The first-order valence-electron chi connectivity index (χ1n) is 5.59. The molecule has 0 spiro atoms. The number of halogens is 2. The molecule has 0 fully saturated rings. The maximum atomic E-state index is 13.7. The zero-order valence-corrected chi connectivity index (χ0v) is 9.66. The molecule has 3 N–H and O–H groups in total. The second-order valence-corrected chi connectivity index (χ2v) is 4.01. The minimum Gasteiger partial charge on any atom is -0.507 e. The minimum absolute atomic E-state index is 0.0476. The van der Waals surface area contributed by atoms with Crippen LogP contribution in [0.1, 0.15) is 5.56 Å². The van der Waals surface area contributed by atoms with Gasteiger partial charge in [0.05, 0.1) is 0 Å². The Morgan fingerprint density at radius 1 is 1.00 bits per heavy atom. The molecule has 0 radical (unpaired) electrons. The van der Waals surface area contributed by atoms with Crippen molar-refractivity contribution in [2.75, 3.05) is 6.54 Å². The van der Waals surface area contributed by atoms with Gasteiger partial charge in [0.25, 0.3) is 0 Å². The van der Waals surface area contributed by atoms with Gasteiger partial charge in [0.1, 0.15) is 17.4 Å². The van der Waals surface area contributed by atoms with Crippen molar-refractivity contribution in [1.82, 2.24) is 0 Å². The van der Waals surface area contributed by atoms with E-state index in [1.54, 1.807) is 12.1 Å². The van der Waals surface area contributed by atoms with E-state index in [9.17, 15) is 13.9 Å². The van der Waals surface area contributed by atoms with Crippen LogP contribution in [-0.2, 0) is 6.42 Å². The molecule has 2 aromatic rings. The van der Waals surface area contributed by atoms with E-state index in [-0.39, 0.29) is 16.9 Å². The normalized spacial score (nSPS) is 10.6. The number of phenols is 1. The van der Waals surface area contributed by atoms with Crippen LogP contribution in [0.2, 0.25) is 0 Å². The van der Waals surface area contributed by atoms with Crippen LogP contribution in [0.15, 0.2) is 36.4 Å². The second-order valence-electron chi connectivity index (χ2n) is 4.01. The van der Waals surface area contributed by atoms with E-state index in [4.69, 9.17) is 5.73 Å². The van der Waals surface area contributed by atoms with E-state index in [0.29, 0.717) is 13.0 Å². The quantitative estimate of drug-likeness (QED) is 0.878. The Morgan fingerprint density at radius 2 is 1.78 bits per heavy atom. The Kier molecular flexibility index (Phi) is 3.58. The first-order chi connectivity index (χ1) is 8.61. The monoisotopic (exact) mass is 249 g/mol. The highest BCUT2D eigenvalue weighted by atomic mass is 19.1. The SMILES string of the molecule is NCCc1ccc(O)c(-c2cc(F)ccc2F)c1. The van der Waals surface area contributed by atoms with Crippen LogP contribution in [0.3, 0.4) is 0 Å². The van der Waals surface area contributed by atoms with Crippen LogP contribution in [0, 0.1) is 11.6 Å². The Labute approximate surface area is 104 Å². The van der Waals surface area contributed by atoms with Gasteiger partial charge < -0.3 is 10.8 Å². The summed E-state index contributed by atoms with van der Waals surface area (Å²) >= 11 is 0. The lowest BCUT2D eigenvalue weighted by Crippen LogP contribution is -2.02. The minimum atomic E-state index is -0.573. The molecule has 0 amide bonds. The molecule has 0 saturated carbocycles. The van der Waals surface area contributed by atoms with Crippen LogP contribution >= 0.6 is 0 Å². The van der Waals surface area contributed by atoms with E-state index in [2.05, 4.69) is 0 Å². The zero-order valence-electron chi connectivity index (χ0n) is 9.66. The lowest BCUT2D eigenvalue weighted by Gasteiger charge is -2.09. The van der Waals surface area contributed by atoms with Crippen LogP contribution in [0.5, 0.6) is 5.75 Å². The van der Waals surface area contributed by atoms with Crippen molar-refractivity contribution in [2.24, 2.45) is 5.73 Å². The molecule has 0 aliphatic heterocycles. The molecule has 0 aliphatic carbocycles. The fraction of sp³-hybridized carbons (Fsp3) is 0.143. The van der Waals surface area contributed by atoms with E-state index in [1.165, 1.54) is 6.07 Å². The standard InChI is InChI=1S/C14H13F2NO/c15-10-2-3-13(16)11(8-10)12-7-9(5-6-17)1-4-14(12)18/h1-4,7-8,18H,5-6,17H2. The highest BCUT2D eigenvalue weighted by Gasteiger charge is 2.11. The van der Waals surface area contributed by atoms with Gasteiger partial charge in [-0.25, -0.2) is 8.78 Å². The third-order valence-electron chi connectivity index (χ3n) is 2.71. The molecule has 2 aromatic carbocycles. The number of phenolic OH excluding ortho intramolecular Hbond substituents is 1. The van der Waals surface area contributed by atoms with Crippen molar-refractivity contribution in [3.8, 4) is 16.9 Å². The first kappa shape index (κ1) is 12.5. The molecule has 4 heteroatoms. The van der Waals surface area contributed by atoms with Gasteiger partial charge >= 0.3 is 0 Å². The lowest BCUT2D eigenvalue weighted by molar-refractivity contribution is 0.476. The number of benzene rings is 2. The van der Waals surface area contributed by atoms with Gasteiger partial charge in [-0.3, -0.25) is 0 Å². The predicted octanol–water partition coefficient (Wildman–Crippen LogP) is 2.84. The van der Waals surface area contributed by atoms with Gasteiger partial charge in [0.2, 0.25) is 0 Å². The molecule has 2 rings (SSSR count). The van der Waals surface area contributed by atoms with Crippen molar-refractivity contribution in [3.63, 3.8) is 0 Å². The molecule has 0 unspecified atom stereocenters. The molecule has 0 bridgehead atoms. The molecule has 0 aromatic heterocycles.